The van der Waals surface area contributed by atoms with E-state index < -0.39 is 17.9 Å². The number of aromatic nitrogens is 2. The number of likely N-dealkylation sites (tertiary alicyclic amines) is 1. The normalized spacial score (nSPS) is 15.3. The summed E-state index contributed by atoms with van der Waals surface area (Å²) in [4.78, 5) is 53.9. The molecule has 0 bridgehead atoms. The van der Waals surface area contributed by atoms with Crippen molar-refractivity contribution < 1.29 is 14.4 Å². The molecule has 3 amide bonds. The summed E-state index contributed by atoms with van der Waals surface area (Å²) in [5.74, 6) is -1.17. The molecule has 9 nitrogen and oxygen atoms in total. The molecule has 3 heterocycles. The first-order valence-electron chi connectivity index (χ1n) is 11.9. The van der Waals surface area contributed by atoms with Crippen LogP contribution in [0.3, 0.4) is 0 Å². The van der Waals surface area contributed by atoms with E-state index in [1.165, 1.54) is 16.0 Å². The smallest absolute Gasteiger partial charge is 0.290 e. The quantitative estimate of drug-likeness (QED) is 0.368. The minimum absolute atomic E-state index is 0.0639. The minimum atomic E-state index is -0.643. The predicted octanol–water partition coefficient (Wildman–Crippen LogP) is 2.64. The van der Waals surface area contributed by atoms with E-state index in [4.69, 9.17) is 0 Å². The Hall–Kier alpha value is -3.53. The zero-order valence-electron chi connectivity index (χ0n) is 19.7. The van der Waals surface area contributed by atoms with Gasteiger partial charge in [-0.25, -0.2) is 4.68 Å². The highest BCUT2D eigenvalue weighted by molar-refractivity contribution is 7.10. The summed E-state index contributed by atoms with van der Waals surface area (Å²) >= 11 is 1.50. The van der Waals surface area contributed by atoms with Crippen LogP contribution in [0.25, 0.3) is 10.8 Å². The Morgan fingerprint density at radius 3 is 2.63 bits per heavy atom. The summed E-state index contributed by atoms with van der Waals surface area (Å²) in [5.41, 5.74) is 4.71. The maximum absolute atomic E-state index is 13.0. The summed E-state index contributed by atoms with van der Waals surface area (Å²) in [6, 6.07) is 9.95. The van der Waals surface area contributed by atoms with Crippen molar-refractivity contribution >= 4 is 39.8 Å². The van der Waals surface area contributed by atoms with Crippen molar-refractivity contribution in [2.45, 2.75) is 58.0 Å². The SMILES string of the molecule is CCCCCn1nc(C(=O)NNC(=O)C2CCCN2C(=O)Cc2cccs2)c2ccccc2c1=O. The lowest BCUT2D eigenvalue weighted by Gasteiger charge is -2.24. The van der Waals surface area contributed by atoms with Crippen LogP contribution in [0.2, 0.25) is 0 Å². The minimum Gasteiger partial charge on any atom is -0.330 e. The van der Waals surface area contributed by atoms with E-state index in [1.54, 1.807) is 29.2 Å². The number of carbonyl (C=O) groups excluding carboxylic acids is 3. The molecular formula is C25H29N5O4S. The fourth-order valence-corrected chi connectivity index (χ4v) is 5.02. The Balaban J connectivity index is 1.46. The fraction of sp³-hybridized carbons (Fsp3) is 0.400. The van der Waals surface area contributed by atoms with E-state index in [9.17, 15) is 19.2 Å². The largest absolute Gasteiger partial charge is 0.330 e. The molecule has 0 radical (unpaired) electrons. The van der Waals surface area contributed by atoms with Crippen LogP contribution in [0.15, 0.2) is 46.6 Å². The van der Waals surface area contributed by atoms with Crippen molar-refractivity contribution in [1.29, 1.82) is 0 Å². The van der Waals surface area contributed by atoms with Crippen molar-refractivity contribution in [2.24, 2.45) is 0 Å². The number of hydrazine groups is 1. The Bertz CT molecular complexity index is 1270. The molecule has 35 heavy (non-hydrogen) atoms. The van der Waals surface area contributed by atoms with Gasteiger partial charge in [0.05, 0.1) is 11.8 Å². The van der Waals surface area contributed by atoms with Crippen LogP contribution >= 0.6 is 11.3 Å². The Morgan fingerprint density at radius 2 is 1.89 bits per heavy atom. The number of hydrogen-bond acceptors (Lipinski definition) is 6. The number of nitrogens with one attached hydrogen (secondary N) is 2. The number of amides is 3. The van der Waals surface area contributed by atoms with Crippen molar-refractivity contribution in [3.05, 3.63) is 62.7 Å². The third kappa shape index (κ3) is 5.59. The number of benzene rings is 1. The molecule has 4 rings (SSSR count). The van der Waals surface area contributed by atoms with Crippen molar-refractivity contribution in [1.82, 2.24) is 25.5 Å². The maximum Gasteiger partial charge on any atom is 0.290 e. The standard InChI is InChI=1S/C25H29N5O4S/c1-2-3-6-14-30-25(34)19-11-5-4-10-18(19)22(28-30)24(33)27-26-23(32)20-12-7-13-29(20)21(31)16-17-9-8-15-35-17/h4-5,8-11,15,20H,2-3,6-7,12-14,16H2,1H3,(H,26,32)(H,27,33). The third-order valence-corrected chi connectivity index (χ3v) is 7.01. The van der Waals surface area contributed by atoms with Crippen LogP contribution in [0.1, 0.15) is 54.4 Å². The summed E-state index contributed by atoms with van der Waals surface area (Å²) in [5, 5.41) is 7.04. The lowest BCUT2D eigenvalue weighted by Crippen LogP contribution is -2.52. The highest BCUT2D eigenvalue weighted by Gasteiger charge is 2.34. The number of unbranched alkanes of at least 4 members (excludes halogenated alkanes) is 2. The average molecular weight is 496 g/mol. The second kappa shape index (κ2) is 11.3. The van der Waals surface area contributed by atoms with Crippen molar-refractivity contribution in [3.63, 3.8) is 0 Å². The van der Waals surface area contributed by atoms with Gasteiger partial charge in [-0.05, 0) is 36.8 Å². The second-order valence-electron chi connectivity index (χ2n) is 8.57. The van der Waals surface area contributed by atoms with Gasteiger partial charge in [0.15, 0.2) is 5.69 Å². The Morgan fingerprint density at radius 1 is 1.09 bits per heavy atom. The van der Waals surface area contributed by atoms with E-state index in [1.807, 2.05) is 17.5 Å². The van der Waals surface area contributed by atoms with Crippen LogP contribution < -0.4 is 16.4 Å². The molecule has 0 spiro atoms. The fourth-order valence-electron chi connectivity index (χ4n) is 4.33. The lowest BCUT2D eigenvalue weighted by molar-refractivity contribution is -0.138. The van der Waals surface area contributed by atoms with E-state index in [-0.39, 0.29) is 23.6 Å². The van der Waals surface area contributed by atoms with E-state index >= 15 is 0 Å². The molecule has 1 aliphatic heterocycles. The molecule has 0 saturated carbocycles. The van der Waals surface area contributed by atoms with Crippen LogP contribution in [0.4, 0.5) is 0 Å². The first kappa shape index (κ1) is 24.6. The summed E-state index contributed by atoms with van der Waals surface area (Å²) < 4.78 is 1.32. The van der Waals surface area contributed by atoms with Gasteiger partial charge in [-0.2, -0.15) is 5.10 Å². The molecule has 1 aromatic carbocycles. The summed E-state index contributed by atoms with van der Waals surface area (Å²) in [6.45, 7) is 2.98. The first-order chi connectivity index (χ1) is 17.0. The number of fused-ring (bicyclic) bond motifs is 1. The monoisotopic (exact) mass is 495 g/mol. The topological polar surface area (TPSA) is 113 Å². The summed E-state index contributed by atoms with van der Waals surface area (Å²) in [7, 11) is 0. The molecule has 3 aromatic rings. The number of rotatable bonds is 8. The molecule has 0 aliphatic carbocycles. The molecular weight excluding hydrogens is 466 g/mol. The van der Waals surface area contributed by atoms with Crippen LogP contribution in [-0.2, 0) is 22.6 Å². The van der Waals surface area contributed by atoms with Gasteiger partial charge in [0.1, 0.15) is 6.04 Å². The first-order valence-corrected chi connectivity index (χ1v) is 12.8. The molecule has 1 fully saturated rings. The van der Waals surface area contributed by atoms with Crippen molar-refractivity contribution in [2.75, 3.05) is 6.54 Å². The summed E-state index contributed by atoms with van der Waals surface area (Å²) in [6.07, 6.45) is 4.22. The van der Waals surface area contributed by atoms with Gasteiger partial charge in [0.25, 0.3) is 17.4 Å². The predicted molar refractivity (Wildman–Crippen MR) is 134 cm³/mol. The molecule has 10 heteroatoms. The second-order valence-corrected chi connectivity index (χ2v) is 9.61. The van der Waals surface area contributed by atoms with Crippen LogP contribution in [-0.4, -0.2) is 45.0 Å². The zero-order chi connectivity index (χ0) is 24.8. The van der Waals surface area contributed by atoms with E-state index in [0.29, 0.717) is 30.3 Å². The van der Waals surface area contributed by atoms with E-state index in [0.717, 1.165) is 30.6 Å². The highest BCUT2D eigenvalue weighted by atomic mass is 32.1. The molecule has 184 valence electrons. The van der Waals surface area contributed by atoms with Gasteiger partial charge in [0, 0.05) is 23.4 Å². The van der Waals surface area contributed by atoms with E-state index in [2.05, 4.69) is 22.9 Å². The van der Waals surface area contributed by atoms with Gasteiger partial charge >= 0.3 is 0 Å². The van der Waals surface area contributed by atoms with Gasteiger partial charge in [-0.15, -0.1) is 11.3 Å². The van der Waals surface area contributed by atoms with Gasteiger partial charge in [-0.1, -0.05) is 44.0 Å². The number of nitrogens with zero attached hydrogens (tertiary/aromatic N) is 3. The molecule has 1 aliphatic rings. The molecule has 1 atom stereocenters. The average Bonchev–Trinajstić information content (AvgIpc) is 3.56. The highest BCUT2D eigenvalue weighted by Crippen LogP contribution is 2.20. The molecule has 1 unspecified atom stereocenters. The third-order valence-electron chi connectivity index (χ3n) is 6.14. The van der Waals surface area contributed by atoms with Crippen LogP contribution in [0.5, 0.6) is 0 Å². The van der Waals surface area contributed by atoms with Crippen molar-refractivity contribution in [3.8, 4) is 0 Å². The number of hydrogen-bond donors (Lipinski definition) is 2. The van der Waals surface area contributed by atoms with Gasteiger partial charge in [0.2, 0.25) is 5.91 Å². The number of thiophene rings is 1. The molecule has 2 aromatic heterocycles. The van der Waals surface area contributed by atoms with Gasteiger partial charge in [-0.3, -0.25) is 30.0 Å². The lowest BCUT2D eigenvalue weighted by atomic mass is 10.1. The molecule has 1 saturated heterocycles. The number of carbonyl (C=O) groups is 3. The Kier molecular flexibility index (Phi) is 7.91. The zero-order valence-corrected chi connectivity index (χ0v) is 20.5. The maximum atomic E-state index is 13.0. The van der Waals surface area contributed by atoms with Gasteiger partial charge < -0.3 is 4.90 Å². The molecule has 2 N–H and O–H groups in total. The Labute approximate surface area is 207 Å². The van der Waals surface area contributed by atoms with Crippen LogP contribution in [0, 0.1) is 0 Å². The number of aryl methyl sites for hydroxylation is 1.